The van der Waals surface area contributed by atoms with Gasteiger partial charge >= 0.3 is 0 Å². The van der Waals surface area contributed by atoms with E-state index < -0.39 is 10.2 Å². The van der Waals surface area contributed by atoms with Gasteiger partial charge in [0.1, 0.15) is 0 Å². The minimum absolute atomic E-state index is 0.0418. The zero-order valence-electron chi connectivity index (χ0n) is 14.0. The average molecular weight is 348 g/mol. The fraction of sp³-hybridized carbons (Fsp3) is 0.929. The van der Waals surface area contributed by atoms with Crippen LogP contribution in [0.1, 0.15) is 12.8 Å². The molecule has 2 rings (SSSR count). The van der Waals surface area contributed by atoms with E-state index >= 15 is 0 Å². The number of nitrogens with zero attached hydrogens (tertiary/aromatic N) is 3. The second-order valence-electron chi connectivity index (χ2n) is 6.21. The van der Waals surface area contributed by atoms with E-state index in [2.05, 4.69) is 10.2 Å². The zero-order valence-corrected chi connectivity index (χ0v) is 14.8. The summed E-state index contributed by atoms with van der Waals surface area (Å²) >= 11 is 0. The third-order valence-corrected chi connectivity index (χ3v) is 6.38. The first-order chi connectivity index (χ1) is 10.9. The Kier molecular flexibility index (Phi) is 6.78. The number of nitrogens with one attached hydrogen (secondary N) is 1. The molecule has 0 radical (unpaired) electrons. The van der Waals surface area contributed by atoms with Crippen LogP contribution in [0.15, 0.2) is 0 Å². The van der Waals surface area contributed by atoms with Crippen molar-refractivity contribution in [3.63, 3.8) is 0 Å². The van der Waals surface area contributed by atoms with Gasteiger partial charge in [-0.25, -0.2) is 0 Å². The van der Waals surface area contributed by atoms with Crippen molar-refractivity contribution in [3.05, 3.63) is 0 Å². The number of piperidine rings is 1. The van der Waals surface area contributed by atoms with Crippen LogP contribution in [0.25, 0.3) is 0 Å². The molecule has 2 aliphatic heterocycles. The van der Waals surface area contributed by atoms with Crippen molar-refractivity contribution < 1.29 is 17.9 Å². The highest BCUT2D eigenvalue weighted by Crippen LogP contribution is 2.20. The largest absolute Gasteiger partial charge is 0.379 e. The van der Waals surface area contributed by atoms with E-state index in [0.717, 1.165) is 32.8 Å². The summed E-state index contributed by atoms with van der Waals surface area (Å²) in [6, 6.07) is 0. The van der Waals surface area contributed by atoms with Crippen LogP contribution in [0.4, 0.5) is 0 Å². The van der Waals surface area contributed by atoms with Gasteiger partial charge < -0.3 is 10.1 Å². The maximum absolute atomic E-state index is 12.2. The van der Waals surface area contributed by atoms with Crippen LogP contribution in [-0.2, 0) is 19.7 Å². The summed E-state index contributed by atoms with van der Waals surface area (Å²) in [5, 5.41) is 2.98. The Hall–Kier alpha value is -0.740. The molecular formula is C14H28N4O4S. The molecule has 1 N–H and O–H groups in total. The first kappa shape index (κ1) is 18.6. The SMILES string of the molecule is CN(C)S(=O)(=O)N1CCC(C(=O)NCCN2CCOCC2)CC1. The topological polar surface area (TPSA) is 82.2 Å². The molecule has 1 amide bonds. The van der Waals surface area contributed by atoms with E-state index in [9.17, 15) is 13.2 Å². The zero-order chi connectivity index (χ0) is 16.9. The van der Waals surface area contributed by atoms with Gasteiger partial charge in [-0.2, -0.15) is 17.0 Å². The Balaban J connectivity index is 1.69. The molecule has 0 aromatic rings. The van der Waals surface area contributed by atoms with E-state index in [1.165, 1.54) is 22.7 Å². The summed E-state index contributed by atoms with van der Waals surface area (Å²) < 4.78 is 32.0. The summed E-state index contributed by atoms with van der Waals surface area (Å²) in [5.74, 6) is -0.0477. The van der Waals surface area contributed by atoms with E-state index in [-0.39, 0.29) is 11.8 Å². The smallest absolute Gasteiger partial charge is 0.281 e. The van der Waals surface area contributed by atoms with Gasteiger partial charge in [0.05, 0.1) is 13.2 Å². The molecule has 134 valence electrons. The minimum Gasteiger partial charge on any atom is -0.379 e. The Labute approximate surface area is 138 Å². The van der Waals surface area contributed by atoms with Crippen molar-refractivity contribution in [2.45, 2.75) is 12.8 Å². The molecule has 0 bridgehead atoms. The first-order valence-electron chi connectivity index (χ1n) is 8.16. The van der Waals surface area contributed by atoms with Crippen molar-refractivity contribution in [2.75, 3.05) is 66.6 Å². The van der Waals surface area contributed by atoms with Crippen molar-refractivity contribution in [1.29, 1.82) is 0 Å². The Morgan fingerprint density at radius 3 is 2.35 bits per heavy atom. The second-order valence-corrected chi connectivity index (χ2v) is 8.35. The summed E-state index contributed by atoms with van der Waals surface area (Å²) in [5.41, 5.74) is 0. The lowest BCUT2D eigenvalue weighted by atomic mass is 9.97. The number of ether oxygens (including phenoxy) is 1. The molecule has 9 heteroatoms. The maximum atomic E-state index is 12.2. The van der Waals surface area contributed by atoms with E-state index in [0.29, 0.717) is 32.5 Å². The van der Waals surface area contributed by atoms with Gasteiger partial charge in [0.2, 0.25) is 5.91 Å². The lowest BCUT2D eigenvalue weighted by molar-refractivity contribution is -0.126. The van der Waals surface area contributed by atoms with Crippen molar-refractivity contribution in [3.8, 4) is 0 Å². The van der Waals surface area contributed by atoms with E-state index in [4.69, 9.17) is 4.74 Å². The predicted molar refractivity (Wildman–Crippen MR) is 87.2 cm³/mol. The fourth-order valence-corrected chi connectivity index (χ4v) is 4.02. The lowest BCUT2D eigenvalue weighted by Gasteiger charge is -2.32. The van der Waals surface area contributed by atoms with Gasteiger partial charge in [-0.05, 0) is 12.8 Å². The number of carbonyl (C=O) groups is 1. The predicted octanol–water partition coefficient (Wildman–Crippen LogP) is -1.05. The quantitative estimate of drug-likeness (QED) is 0.663. The molecule has 8 nitrogen and oxygen atoms in total. The minimum atomic E-state index is -3.36. The first-order valence-corrected chi connectivity index (χ1v) is 9.56. The highest BCUT2D eigenvalue weighted by molar-refractivity contribution is 7.86. The average Bonchev–Trinajstić information content (AvgIpc) is 2.55. The van der Waals surface area contributed by atoms with Gasteiger partial charge in [0.15, 0.2) is 0 Å². The molecule has 2 heterocycles. The Bertz CT molecular complexity index is 483. The number of carbonyl (C=O) groups excluding carboxylic acids is 1. The lowest BCUT2D eigenvalue weighted by Crippen LogP contribution is -2.47. The van der Waals surface area contributed by atoms with Crippen LogP contribution in [0.5, 0.6) is 0 Å². The van der Waals surface area contributed by atoms with Crippen LogP contribution in [0, 0.1) is 5.92 Å². The summed E-state index contributed by atoms with van der Waals surface area (Å²) in [7, 11) is -0.309. The maximum Gasteiger partial charge on any atom is 0.281 e. The fourth-order valence-electron chi connectivity index (χ4n) is 2.89. The van der Waals surface area contributed by atoms with Crippen LogP contribution in [0.3, 0.4) is 0 Å². The molecule has 23 heavy (non-hydrogen) atoms. The Morgan fingerprint density at radius 2 is 1.78 bits per heavy atom. The van der Waals surface area contributed by atoms with Gasteiger partial charge in [0.25, 0.3) is 10.2 Å². The van der Waals surface area contributed by atoms with Crippen molar-refractivity contribution in [2.24, 2.45) is 5.92 Å². The number of morpholine rings is 1. The molecule has 0 saturated carbocycles. The monoisotopic (exact) mass is 348 g/mol. The number of rotatable bonds is 6. The summed E-state index contributed by atoms with van der Waals surface area (Å²) in [6.07, 6.45) is 1.16. The number of hydrogen-bond acceptors (Lipinski definition) is 5. The van der Waals surface area contributed by atoms with E-state index in [1.54, 1.807) is 0 Å². The molecule has 2 saturated heterocycles. The molecule has 0 atom stereocenters. The highest BCUT2D eigenvalue weighted by Gasteiger charge is 2.32. The van der Waals surface area contributed by atoms with Crippen molar-refractivity contribution >= 4 is 16.1 Å². The summed E-state index contributed by atoms with van der Waals surface area (Å²) in [4.78, 5) is 14.5. The standard InChI is InChI=1S/C14H28N4O4S/c1-16(2)23(20,21)18-6-3-13(4-7-18)14(19)15-5-8-17-9-11-22-12-10-17/h13H,3-12H2,1-2H3,(H,15,19). The van der Waals surface area contributed by atoms with Gasteiger partial charge in [-0.3, -0.25) is 9.69 Å². The highest BCUT2D eigenvalue weighted by atomic mass is 32.2. The second kappa shape index (κ2) is 8.39. The Morgan fingerprint density at radius 1 is 1.17 bits per heavy atom. The molecule has 0 unspecified atom stereocenters. The molecule has 2 aliphatic rings. The van der Waals surface area contributed by atoms with Gasteiger partial charge in [0, 0.05) is 59.3 Å². The normalized spacial score (nSPS) is 22.4. The van der Waals surface area contributed by atoms with Gasteiger partial charge in [-0.15, -0.1) is 0 Å². The van der Waals surface area contributed by atoms with Crippen LogP contribution >= 0.6 is 0 Å². The molecule has 0 aliphatic carbocycles. The van der Waals surface area contributed by atoms with E-state index in [1.807, 2.05) is 0 Å². The van der Waals surface area contributed by atoms with Crippen molar-refractivity contribution in [1.82, 2.24) is 18.8 Å². The molecular weight excluding hydrogens is 320 g/mol. The molecule has 0 aromatic carbocycles. The van der Waals surface area contributed by atoms with Crippen LogP contribution in [0.2, 0.25) is 0 Å². The van der Waals surface area contributed by atoms with Gasteiger partial charge in [-0.1, -0.05) is 0 Å². The summed E-state index contributed by atoms with van der Waals surface area (Å²) in [6.45, 7) is 5.62. The molecule has 0 aromatic heterocycles. The number of amides is 1. The molecule has 0 spiro atoms. The third-order valence-electron chi connectivity index (χ3n) is 4.44. The number of hydrogen-bond donors (Lipinski definition) is 1. The van der Waals surface area contributed by atoms with Crippen LogP contribution < -0.4 is 5.32 Å². The third kappa shape index (κ3) is 5.12. The molecule has 2 fully saturated rings. The van der Waals surface area contributed by atoms with Crippen LogP contribution in [-0.4, -0.2) is 94.4 Å².